The molecule has 1 unspecified atom stereocenters. The van der Waals surface area contributed by atoms with E-state index in [2.05, 4.69) is 17.0 Å². The summed E-state index contributed by atoms with van der Waals surface area (Å²) < 4.78 is 0. The Balaban J connectivity index is 1.48. The predicted octanol–water partition coefficient (Wildman–Crippen LogP) is 5.52. The Morgan fingerprint density at radius 1 is 0.935 bits per heavy atom. The Kier molecular flexibility index (Phi) is 7.15. The number of benzene rings is 3. The zero-order valence-electron chi connectivity index (χ0n) is 17.5. The average Bonchev–Trinajstić information content (AvgIpc) is 3.21. The highest BCUT2D eigenvalue weighted by Crippen LogP contribution is 2.30. The second-order valence-corrected chi connectivity index (χ2v) is 8.38. The highest BCUT2D eigenvalue weighted by Gasteiger charge is 2.38. The van der Waals surface area contributed by atoms with Crippen molar-refractivity contribution in [1.82, 2.24) is 4.90 Å². The minimum absolute atomic E-state index is 0.0899. The van der Waals surface area contributed by atoms with Crippen LogP contribution in [0.2, 0.25) is 5.02 Å². The Labute approximate surface area is 188 Å². The van der Waals surface area contributed by atoms with Crippen LogP contribution >= 0.6 is 11.6 Å². The number of hydrogen-bond acceptors (Lipinski definition) is 4. The number of nitrogens with zero attached hydrogens (tertiary/aromatic N) is 1. The third-order valence-electron chi connectivity index (χ3n) is 5.85. The highest BCUT2D eigenvalue weighted by molar-refractivity contribution is 6.30. The third-order valence-corrected chi connectivity index (χ3v) is 6.10. The van der Waals surface area contributed by atoms with E-state index in [0.717, 1.165) is 29.8 Å². The number of carbonyl (C=O) groups excluding carboxylic acids is 1. The number of halogens is 1. The maximum Gasteiger partial charge on any atom is 0.167 e. The maximum absolute atomic E-state index is 13.4. The molecule has 1 saturated heterocycles. The molecule has 0 spiro atoms. The van der Waals surface area contributed by atoms with Gasteiger partial charge in [0.25, 0.3) is 0 Å². The summed E-state index contributed by atoms with van der Waals surface area (Å²) in [6.07, 6.45) is 0. The standard InChI is InChI=1S/C26H26ClNO3/c1-30-31-18-23-16-28(15-19-5-3-2-4-6-19)17-25(23)26(29)22-9-7-20(8-10-22)21-11-13-24(27)14-12-21/h2-14,23,25H,15-18H2,1H3/t23?,25-/m0/s1. The summed E-state index contributed by atoms with van der Waals surface area (Å²) in [5.41, 5.74) is 4.11. The lowest BCUT2D eigenvalue weighted by Gasteiger charge is -2.16. The molecule has 1 heterocycles. The van der Waals surface area contributed by atoms with Gasteiger partial charge in [-0.3, -0.25) is 9.69 Å². The van der Waals surface area contributed by atoms with Gasteiger partial charge in [-0.2, -0.15) is 0 Å². The Morgan fingerprint density at radius 2 is 1.58 bits per heavy atom. The Hall–Kier alpha value is -2.50. The molecule has 4 nitrogen and oxygen atoms in total. The second kappa shape index (κ2) is 10.2. The Morgan fingerprint density at radius 3 is 2.23 bits per heavy atom. The van der Waals surface area contributed by atoms with Crippen LogP contribution in [0.25, 0.3) is 11.1 Å². The van der Waals surface area contributed by atoms with Crippen LogP contribution in [0, 0.1) is 11.8 Å². The van der Waals surface area contributed by atoms with Crippen LogP contribution in [0.1, 0.15) is 15.9 Å². The first-order chi connectivity index (χ1) is 15.1. The Bertz CT molecular complexity index is 989. The van der Waals surface area contributed by atoms with Gasteiger partial charge in [0, 0.05) is 42.1 Å². The fourth-order valence-electron chi connectivity index (χ4n) is 4.24. The van der Waals surface area contributed by atoms with E-state index in [1.54, 1.807) is 0 Å². The van der Waals surface area contributed by atoms with Crippen molar-refractivity contribution in [3.63, 3.8) is 0 Å². The van der Waals surface area contributed by atoms with E-state index >= 15 is 0 Å². The van der Waals surface area contributed by atoms with Crippen LogP contribution in [-0.4, -0.2) is 37.5 Å². The molecule has 1 aliphatic heterocycles. The zero-order chi connectivity index (χ0) is 21.6. The van der Waals surface area contributed by atoms with Crippen molar-refractivity contribution in [2.45, 2.75) is 6.54 Å². The number of likely N-dealkylation sites (tertiary alicyclic amines) is 1. The van der Waals surface area contributed by atoms with Gasteiger partial charge in [0.1, 0.15) is 0 Å². The molecule has 3 aromatic rings. The predicted molar refractivity (Wildman–Crippen MR) is 123 cm³/mol. The smallest absolute Gasteiger partial charge is 0.167 e. The van der Waals surface area contributed by atoms with E-state index in [9.17, 15) is 4.79 Å². The number of Topliss-reactive ketones (excluding diaryl/α,β-unsaturated/α-hetero) is 1. The molecular formula is C26H26ClNO3. The number of hydrogen-bond donors (Lipinski definition) is 0. The molecule has 2 atom stereocenters. The van der Waals surface area contributed by atoms with Gasteiger partial charge >= 0.3 is 0 Å². The second-order valence-electron chi connectivity index (χ2n) is 7.95. The molecule has 0 amide bonds. The van der Waals surface area contributed by atoms with Crippen LogP contribution in [0.15, 0.2) is 78.9 Å². The lowest BCUT2D eigenvalue weighted by atomic mass is 9.88. The van der Waals surface area contributed by atoms with Crippen LogP contribution in [-0.2, 0) is 16.3 Å². The number of ketones is 1. The summed E-state index contributed by atoms with van der Waals surface area (Å²) in [6.45, 7) is 2.74. The molecule has 160 valence electrons. The minimum Gasteiger partial charge on any atom is -0.298 e. The van der Waals surface area contributed by atoms with Crippen molar-refractivity contribution in [3.05, 3.63) is 95.0 Å². The lowest BCUT2D eigenvalue weighted by molar-refractivity contribution is -0.280. The van der Waals surface area contributed by atoms with Crippen LogP contribution in [0.5, 0.6) is 0 Å². The van der Waals surface area contributed by atoms with E-state index in [-0.39, 0.29) is 17.6 Å². The van der Waals surface area contributed by atoms with E-state index in [0.29, 0.717) is 18.2 Å². The van der Waals surface area contributed by atoms with Gasteiger partial charge in [0.2, 0.25) is 0 Å². The summed E-state index contributed by atoms with van der Waals surface area (Å²) in [6, 6.07) is 25.9. The summed E-state index contributed by atoms with van der Waals surface area (Å²) in [4.78, 5) is 25.7. The molecule has 4 rings (SSSR count). The largest absolute Gasteiger partial charge is 0.298 e. The van der Waals surface area contributed by atoms with Gasteiger partial charge in [0.15, 0.2) is 5.78 Å². The highest BCUT2D eigenvalue weighted by atomic mass is 35.5. The molecule has 0 aliphatic carbocycles. The fourth-order valence-corrected chi connectivity index (χ4v) is 4.36. The third kappa shape index (κ3) is 5.41. The van der Waals surface area contributed by atoms with Crippen LogP contribution < -0.4 is 0 Å². The molecule has 1 aliphatic rings. The fraction of sp³-hybridized carbons (Fsp3) is 0.269. The van der Waals surface area contributed by atoms with Crippen molar-refractivity contribution in [2.24, 2.45) is 11.8 Å². The van der Waals surface area contributed by atoms with Gasteiger partial charge in [0.05, 0.1) is 13.7 Å². The van der Waals surface area contributed by atoms with Crippen molar-refractivity contribution in [2.75, 3.05) is 26.8 Å². The molecule has 0 aromatic heterocycles. The van der Waals surface area contributed by atoms with E-state index < -0.39 is 0 Å². The van der Waals surface area contributed by atoms with Gasteiger partial charge in [-0.15, -0.1) is 0 Å². The van der Waals surface area contributed by atoms with E-state index in [1.807, 2.05) is 66.7 Å². The average molecular weight is 436 g/mol. The van der Waals surface area contributed by atoms with Crippen LogP contribution in [0.3, 0.4) is 0 Å². The lowest BCUT2D eigenvalue weighted by Crippen LogP contribution is -2.26. The first kappa shape index (κ1) is 21.7. The zero-order valence-corrected chi connectivity index (χ0v) is 18.3. The first-order valence-corrected chi connectivity index (χ1v) is 10.8. The van der Waals surface area contributed by atoms with E-state index in [1.165, 1.54) is 12.7 Å². The molecule has 5 heteroatoms. The molecule has 0 bridgehead atoms. The van der Waals surface area contributed by atoms with E-state index in [4.69, 9.17) is 21.4 Å². The summed E-state index contributed by atoms with van der Waals surface area (Å²) in [5.74, 6) is 0.121. The summed E-state index contributed by atoms with van der Waals surface area (Å²) >= 11 is 5.98. The minimum atomic E-state index is -0.125. The molecule has 1 fully saturated rings. The van der Waals surface area contributed by atoms with Gasteiger partial charge in [-0.05, 0) is 28.8 Å². The first-order valence-electron chi connectivity index (χ1n) is 10.5. The number of carbonyl (C=O) groups is 1. The quantitative estimate of drug-likeness (QED) is 0.265. The van der Waals surface area contributed by atoms with Gasteiger partial charge in [-0.25, -0.2) is 9.78 Å². The SMILES string of the molecule is COOCC1CN(Cc2ccccc2)C[C@@H]1C(=O)c1ccc(-c2ccc(Cl)cc2)cc1. The molecule has 0 N–H and O–H groups in total. The molecule has 3 aromatic carbocycles. The molecular weight excluding hydrogens is 410 g/mol. The topological polar surface area (TPSA) is 38.8 Å². The van der Waals surface area contributed by atoms with Crippen molar-refractivity contribution < 1.29 is 14.6 Å². The number of rotatable bonds is 8. The van der Waals surface area contributed by atoms with Gasteiger partial charge in [-0.1, -0.05) is 78.3 Å². The molecule has 0 radical (unpaired) electrons. The van der Waals surface area contributed by atoms with Crippen molar-refractivity contribution >= 4 is 17.4 Å². The molecule has 31 heavy (non-hydrogen) atoms. The molecule has 0 saturated carbocycles. The summed E-state index contributed by atoms with van der Waals surface area (Å²) in [5, 5.41) is 0.709. The monoisotopic (exact) mass is 435 g/mol. The van der Waals surface area contributed by atoms with Crippen molar-refractivity contribution in [3.8, 4) is 11.1 Å². The van der Waals surface area contributed by atoms with Crippen molar-refractivity contribution in [1.29, 1.82) is 0 Å². The summed E-state index contributed by atoms with van der Waals surface area (Å²) in [7, 11) is 1.50. The maximum atomic E-state index is 13.4. The van der Waals surface area contributed by atoms with Crippen LogP contribution in [0.4, 0.5) is 0 Å². The van der Waals surface area contributed by atoms with Gasteiger partial charge < -0.3 is 0 Å². The normalized spacial score (nSPS) is 18.9.